The average molecular weight is 274 g/mol. The molecule has 1 N–H and O–H groups in total. The quantitative estimate of drug-likeness (QED) is 0.917. The van der Waals surface area contributed by atoms with Crippen LogP contribution in [0, 0.1) is 5.92 Å². The molecule has 102 valence electrons. The van der Waals surface area contributed by atoms with Gasteiger partial charge in [-0.2, -0.15) is 0 Å². The molecular weight excluding hydrogens is 252 g/mol. The zero-order chi connectivity index (χ0) is 13.2. The van der Waals surface area contributed by atoms with Crippen molar-refractivity contribution in [3.05, 3.63) is 29.6 Å². The van der Waals surface area contributed by atoms with Crippen molar-refractivity contribution in [2.24, 2.45) is 5.92 Å². The predicted octanol–water partition coefficient (Wildman–Crippen LogP) is 3.73. The number of nitrogens with zero attached hydrogens (tertiary/aromatic N) is 1. The smallest absolute Gasteiger partial charge is 0.0374 e. The monoisotopic (exact) mass is 274 g/mol. The number of rotatable bonds is 3. The van der Waals surface area contributed by atoms with Crippen molar-refractivity contribution in [3.63, 3.8) is 0 Å². The van der Waals surface area contributed by atoms with E-state index in [-0.39, 0.29) is 0 Å². The number of benzene rings is 1. The highest BCUT2D eigenvalue weighted by Gasteiger charge is 2.23. The summed E-state index contributed by atoms with van der Waals surface area (Å²) in [6, 6.07) is 9.72. The first-order valence-electron chi connectivity index (χ1n) is 7.23. The second-order valence-corrected chi connectivity index (χ2v) is 6.48. The van der Waals surface area contributed by atoms with E-state index in [0.29, 0.717) is 6.04 Å². The number of hydrogen-bond acceptors (Lipinski definition) is 3. The number of hydrogen-bond donors (Lipinski definition) is 1. The number of anilines is 1. The largest absolute Gasteiger partial charge is 0.369 e. The molecular formula is C16H22N2S. The molecule has 3 rings (SSSR count). The van der Waals surface area contributed by atoms with Crippen LogP contribution >= 0.6 is 11.3 Å². The van der Waals surface area contributed by atoms with Crippen LogP contribution in [0.2, 0.25) is 0 Å². The third kappa shape index (κ3) is 2.63. The van der Waals surface area contributed by atoms with Crippen LogP contribution < -0.4 is 10.2 Å². The molecule has 2 heterocycles. The van der Waals surface area contributed by atoms with Crippen LogP contribution in [0.15, 0.2) is 29.6 Å². The second kappa shape index (κ2) is 5.51. The van der Waals surface area contributed by atoms with Crippen molar-refractivity contribution in [1.29, 1.82) is 0 Å². The minimum atomic E-state index is 0.622. The fraction of sp³-hybridized carbons (Fsp3) is 0.500. The third-order valence-electron chi connectivity index (χ3n) is 4.34. The van der Waals surface area contributed by atoms with E-state index < -0.39 is 0 Å². The van der Waals surface area contributed by atoms with Gasteiger partial charge in [0.2, 0.25) is 0 Å². The van der Waals surface area contributed by atoms with Crippen LogP contribution in [-0.4, -0.2) is 25.7 Å². The Kier molecular flexibility index (Phi) is 3.76. The molecule has 0 radical (unpaired) electrons. The maximum Gasteiger partial charge on any atom is 0.0374 e. The highest BCUT2D eigenvalue weighted by Crippen LogP contribution is 2.27. The molecule has 19 heavy (non-hydrogen) atoms. The van der Waals surface area contributed by atoms with E-state index in [1.165, 1.54) is 22.2 Å². The molecule has 2 unspecified atom stereocenters. The number of fused-ring (bicyclic) bond motifs is 1. The van der Waals surface area contributed by atoms with Crippen LogP contribution in [0.3, 0.4) is 0 Å². The molecule has 0 aliphatic carbocycles. The normalized spacial score (nSPS) is 21.8. The molecule has 2 nitrogen and oxygen atoms in total. The Morgan fingerprint density at radius 2 is 2.32 bits per heavy atom. The molecule has 1 fully saturated rings. The van der Waals surface area contributed by atoms with Gasteiger partial charge < -0.3 is 10.2 Å². The van der Waals surface area contributed by atoms with E-state index >= 15 is 0 Å². The highest BCUT2D eigenvalue weighted by atomic mass is 32.1. The van der Waals surface area contributed by atoms with Crippen molar-refractivity contribution < 1.29 is 0 Å². The van der Waals surface area contributed by atoms with Crippen LogP contribution in [0.4, 0.5) is 5.69 Å². The highest BCUT2D eigenvalue weighted by molar-refractivity contribution is 7.17. The second-order valence-electron chi connectivity index (χ2n) is 5.53. The molecule has 2 atom stereocenters. The van der Waals surface area contributed by atoms with E-state index in [4.69, 9.17) is 0 Å². The van der Waals surface area contributed by atoms with Crippen molar-refractivity contribution >= 4 is 27.1 Å². The van der Waals surface area contributed by atoms with Crippen molar-refractivity contribution in [2.45, 2.75) is 26.3 Å². The summed E-state index contributed by atoms with van der Waals surface area (Å²) in [5.74, 6) is 0.743. The van der Waals surface area contributed by atoms with Gasteiger partial charge in [0.05, 0.1) is 0 Å². The van der Waals surface area contributed by atoms with Gasteiger partial charge in [-0.25, -0.2) is 0 Å². The molecule has 0 saturated carbocycles. The van der Waals surface area contributed by atoms with E-state index in [9.17, 15) is 0 Å². The van der Waals surface area contributed by atoms with Gasteiger partial charge in [0.1, 0.15) is 0 Å². The summed E-state index contributed by atoms with van der Waals surface area (Å²) in [6.45, 7) is 7.97. The molecule has 1 aliphatic heterocycles. The van der Waals surface area contributed by atoms with Crippen molar-refractivity contribution in [1.82, 2.24) is 5.32 Å². The summed E-state index contributed by atoms with van der Waals surface area (Å²) in [6.07, 6.45) is 1.25. The number of thiophene rings is 1. The first-order valence-corrected chi connectivity index (χ1v) is 8.11. The first kappa shape index (κ1) is 12.9. The lowest BCUT2D eigenvalue weighted by Crippen LogP contribution is -2.53. The molecule has 1 aliphatic rings. The Balaban J connectivity index is 1.80. The molecule has 1 saturated heterocycles. The van der Waals surface area contributed by atoms with Gasteiger partial charge in [-0.15, -0.1) is 11.3 Å². The van der Waals surface area contributed by atoms with Gasteiger partial charge in [0.15, 0.2) is 0 Å². The summed E-state index contributed by atoms with van der Waals surface area (Å²) < 4.78 is 1.39. The molecule has 0 amide bonds. The number of nitrogens with one attached hydrogen (secondary N) is 1. The maximum absolute atomic E-state index is 3.66. The van der Waals surface area contributed by atoms with Gasteiger partial charge in [-0.05, 0) is 40.9 Å². The predicted molar refractivity (Wildman–Crippen MR) is 85.3 cm³/mol. The van der Waals surface area contributed by atoms with Crippen LogP contribution in [-0.2, 0) is 0 Å². The lowest BCUT2D eigenvalue weighted by Gasteiger charge is -2.38. The van der Waals surface area contributed by atoms with Gasteiger partial charge in [0, 0.05) is 36.1 Å². The van der Waals surface area contributed by atoms with E-state index in [1.807, 2.05) is 11.3 Å². The zero-order valence-electron chi connectivity index (χ0n) is 11.7. The molecule has 0 bridgehead atoms. The van der Waals surface area contributed by atoms with Crippen molar-refractivity contribution in [3.8, 4) is 0 Å². The minimum Gasteiger partial charge on any atom is -0.369 e. The number of piperazine rings is 1. The van der Waals surface area contributed by atoms with E-state index in [0.717, 1.165) is 25.6 Å². The SMILES string of the molecule is CCC(C)C1CN(c2ccc3sccc3c2)CCN1. The minimum absolute atomic E-state index is 0.622. The fourth-order valence-corrected chi connectivity index (χ4v) is 3.60. The Hall–Kier alpha value is -1.06. The first-order chi connectivity index (χ1) is 9.28. The summed E-state index contributed by atoms with van der Waals surface area (Å²) in [5.41, 5.74) is 1.38. The van der Waals surface area contributed by atoms with E-state index in [1.54, 1.807) is 0 Å². The van der Waals surface area contributed by atoms with Crippen LogP contribution in [0.25, 0.3) is 10.1 Å². The van der Waals surface area contributed by atoms with E-state index in [2.05, 4.69) is 53.7 Å². The van der Waals surface area contributed by atoms with Gasteiger partial charge >= 0.3 is 0 Å². The average Bonchev–Trinajstić information content (AvgIpc) is 2.94. The Morgan fingerprint density at radius 3 is 3.16 bits per heavy atom. The Morgan fingerprint density at radius 1 is 1.42 bits per heavy atom. The van der Waals surface area contributed by atoms with Crippen LogP contribution in [0.1, 0.15) is 20.3 Å². The third-order valence-corrected chi connectivity index (χ3v) is 5.24. The van der Waals surface area contributed by atoms with Gasteiger partial charge in [-0.3, -0.25) is 0 Å². The molecule has 0 spiro atoms. The van der Waals surface area contributed by atoms with Crippen LogP contribution in [0.5, 0.6) is 0 Å². The standard InChI is InChI=1S/C16H22N2S/c1-3-12(2)15-11-18(8-7-17-15)14-4-5-16-13(10-14)6-9-19-16/h4-6,9-10,12,15,17H,3,7-8,11H2,1-2H3. The Labute approximate surface area is 119 Å². The summed E-state index contributed by atoms with van der Waals surface area (Å²) in [7, 11) is 0. The topological polar surface area (TPSA) is 15.3 Å². The Bertz CT molecular complexity index is 548. The molecule has 3 heteroatoms. The molecule has 2 aromatic rings. The summed E-state index contributed by atoms with van der Waals surface area (Å²) in [5, 5.41) is 7.21. The lowest BCUT2D eigenvalue weighted by molar-refractivity contribution is 0.342. The van der Waals surface area contributed by atoms with Gasteiger partial charge in [-0.1, -0.05) is 20.3 Å². The van der Waals surface area contributed by atoms with Crippen molar-refractivity contribution in [2.75, 3.05) is 24.5 Å². The van der Waals surface area contributed by atoms with Gasteiger partial charge in [0.25, 0.3) is 0 Å². The maximum atomic E-state index is 3.66. The fourth-order valence-electron chi connectivity index (χ4n) is 2.83. The lowest BCUT2D eigenvalue weighted by atomic mass is 9.97. The summed E-state index contributed by atoms with van der Waals surface area (Å²) in [4.78, 5) is 2.53. The zero-order valence-corrected chi connectivity index (χ0v) is 12.5. The summed E-state index contributed by atoms with van der Waals surface area (Å²) >= 11 is 1.82. The molecule has 1 aromatic carbocycles. The molecule has 1 aromatic heterocycles.